The first kappa shape index (κ1) is 23.3. The van der Waals surface area contributed by atoms with Crippen LogP contribution in [0.15, 0.2) is 34.8 Å². The van der Waals surface area contributed by atoms with Gasteiger partial charge in [0.2, 0.25) is 0 Å². The average molecular weight is 491 g/mol. The first-order valence-electron chi connectivity index (χ1n) is 9.38. The summed E-state index contributed by atoms with van der Waals surface area (Å²) in [6.07, 6.45) is 2.91. The van der Waals surface area contributed by atoms with Crippen LogP contribution < -0.4 is 14.8 Å². The summed E-state index contributed by atoms with van der Waals surface area (Å²) in [6.45, 7) is 4.71. The highest BCUT2D eigenvalue weighted by atomic mass is 79.9. The third-order valence-electron chi connectivity index (χ3n) is 4.14. The second-order valence-electron chi connectivity index (χ2n) is 6.31. The van der Waals surface area contributed by atoms with Crippen LogP contribution in [0.4, 0.5) is 0 Å². The van der Waals surface area contributed by atoms with E-state index in [9.17, 15) is 0 Å². The standard InChI is InChI=1S/C21H26BrCl2NO3/c1-2-27-20-10-16(13-25-8-4-3-5-9-26)18(22)12-21(20)28-14-15-6-7-17(23)11-19(15)24/h6-7,10-12,25-26H,2-5,8-9,13-14H2,1H3. The second-order valence-corrected chi connectivity index (χ2v) is 8.01. The number of ether oxygens (including phenoxy) is 2. The number of halogens is 3. The number of aliphatic hydroxyl groups is 1. The Bertz CT molecular complexity index is 759. The first-order chi connectivity index (χ1) is 13.5. The fourth-order valence-electron chi connectivity index (χ4n) is 2.65. The van der Waals surface area contributed by atoms with Crippen LogP contribution in [0, 0.1) is 0 Å². The van der Waals surface area contributed by atoms with Crippen molar-refractivity contribution in [3.8, 4) is 11.5 Å². The van der Waals surface area contributed by atoms with Crippen molar-refractivity contribution in [2.45, 2.75) is 39.3 Å². The third kappa shape index (κ3) is 7.45. The maximum Gasteiger partial charge on any atom is 0.162 e. The lowest BCUT2D eigenvalue weighted by Gasteiger charge is -2.16. The topological polar surface area (TPSA) is 50.7 Å². The van der Waals surface area contributed by atoms with E-state index < -0.39 is 0 Å². The Morgan fingerprint density at radius 1 is 1.00 bits per heavy atom. The molecule has 2 rings (SSSR count). The molecule has 0 unspecified atom stereocenters. The average Bonchev–Trinajstić information content (AvgIpc) is 2.66. The van der Waals surface area contributed by atoms with Gasteiger partial charge < -0.3 is 19.9 Å². The van der Waals surface area contributed by atoms with Gasteiger partial charge in [0.05, 0.1) is 6.61 Å². The number of nitrogens with one attached hydrogen (secondary N) is 1. The Morgan fingerprint density at radius 3 is 2.50 bits per heavy atom. The van der Waals surface area contributed by atoms with Gasteiger partial charge in [-0.05, 0) is 62.6 Å². The molecule has 2 aromatic carbocycles. The van der Waals surface area contributed by atoms with Crippen LogP contribution in [0.2, 0.25) is 10.0 Å². The molecule has 0 aliphatic rings. The maximum absolute atomic E-state index is 8.82. The molecule has 0 spiro atoms. The predicted molar refractivity (Wildman–Crippen MR) is 119 cm³/mol. The number of hydrogen-bond donors (Lipinski definition) is 2. The van der Waals surface area contributed by atoms with Gasteiger partial charge in [-0.25, -0.2) is 0 Å². The maximum atomic E-state index is 8.82. The van der Waals surface area contributed by atoms with Crippen molar-refractivity contribution < 1.29 is 14.6 Å². The van der Waals surface area contributed by atoms with Crippen LogP contribution in [0.25, 0.3) is 0 Å². The fourth-order valence-corrected chi connectivity index (χ4v) is 3.58. The zero-order valence-corrected chi connectivity index (χ0v) is 19.0. The molecule has 7 heteroatoms. The van der Waals surface area contributed by atoms with E-state index in [1.807, 2.05) is 25.1 Å². The summed E-state index contributed by atoms with van der Waals surface area (Å²) in [7, 11) is 0. The minimum Gasteiger partial charge on any atom is -0.490 e. The minimum atomic E-state index is 0.256. The highest BCUT2D eigenvalue weighted by molar-refractivity contribution is 9.10. The molecule has 0 radical (unpaired) electrons. The van der Waals surface area contributed by atoms with Crippen molar-refractivity contribution in [1.29, 1.82) is 0 Å². The predicted octanol–water partition coefficient (Wildman–Crippen LogP) is 5.99. The minimum absolute atomic E-state index is 0.256. The zero-order valence-electron chi connectivity index (χ0n) is 15.9. The van der Waals surface area contributed by atoms with Crippen LogP contribution in [0.5, 0.6) is 11.5 Å². The third-order valence-corrected chi connectivity index (χ3v) is 5.46. The normalized spacial score (nSPS) is 10.9. The van der Waals surface area contributed by atoms with E-state index in [1.54, 1.807) is 12.1 Å². The molecule has 0 bridgehead atoms. The molecule has 4 nitrogen and oxygen atoms in total. The van der Waals surface area contributed by atoms with Gasteiger partial charge >= 0.3 is 0 Å². The fraction of sp³-hybridized carbons (Fsp3) is 0.429. The largest absolute Gasteiger partial charge is 0.490 e. The van der Waals surface area contributed by atoms with Crippen LogP contribution in [0.3, 0.4) is 0 Å². The Hall–Kier alpha value is -0.980. The van der Waals surface area contributed by atoms with E-state index in [0.717, 1.165) is 48.0 Å². The molecular weight excluding hydrogens is 465 g/mol. The van der Waals surface area contributed by atoms with Gasteiger partial charge in [0.1, 0.15) is 6.61 Å². The van der Waals surface area contributed by atoms with Gasteiger partial charge in [0.15, 0.2) is 11.5 Å². The summed E-state index contributed by atoms with van der Waals surface area (Å²) in [5.74, 6) is 1.36. The molecule has 2 aromatic rings. The molecule has 0 saturated heterocycles. The van der Waals surface area contributed by atoms with Crippen molar-refractivity contribution in [3.63, 3.8) is 0 Å². The van der Waals surface area contributed by atoms with E-state index >= 15 is 0 Å². The van der Waals surface area contributed by atoms with Gasteiger partial charge in [-0.3, -0.25) is 0 Å². The van der Waals surface area contributed by atoms with E-state index in [2.05, 4.69) is 21.2 Å². The molecule has 0 atom stereocenters. The molecule has 28 heavy (non-hydrogen) atoms. The van der Waals surface area contributed by atoms with E-state index in [0.29, 0.717) is 34.8 Å². The lowest BCUT2D eigenvalue weighted by molar-refractivity contribution is 0.269. The van der Waals surface area contributed by atoms with Crippen LogP contribution in [-0.2, 0) is 13.2 Å². The lowest BCUT2D eigenvalue weighted by atomic mass is 10.2. The Balaban J connectivity index is 2.02. The number of rotatable bonds is 12. The van der Waals surface area contributed by atoms with E-state index in [1.165, 1.54) is 0 Å². The summed E-state index contributed by atoms with van der Waals surface area (Å²) in [5.41, 5.74) is 1.96. The quantitative estimate of drug-likeness (QED) is 0.359. The highest BCUT2D eigenvalue weighted by Gasteiger charge is 2.12. The first-order valence-corrected chi connectivity index (χ1v) is 10.9. The van der Waals surface area contributed by atoms with Crippen molar-refractivity contribution in [2.75, 3.05) is 19.8 Å². The number of aliphatic hydroxyl groups excluding tert-OH is 1. The molecule has 0 aliphatic heterocycles. The Kier molecular flexibility index (Phi) is 10.4. The molecular formula is C21H26BrCl2NO3. The molecule has 0 aliphatic carbocycles. The van der Waals surface area contributed by atoms with Crippen molar-refractivity contribution in [1.82, 2.24) is 5.32 Å². The molecule has 154 valence electrons. The molecule has 0 fully saturated rings. The highest BCUT2D eigenvalue weighted by Crippen LogP contribution is 2.35. The van der Waals surface area contributed by atoms with Crippen molar-refractivity contribution in [3.05, 3.63) is 56.0 Å². The SMILES string of the molecule is CCOc1cc(CNCCCCCO)c(Br)cc1OCc1ccc(Cl)cc1Cl. The summed E-state index contributed by atoms with van der Waals surface area (Å²) in [4.78, 5) is 0. The van der Waals surface area contributed by atoms with Crippen molar-refractivity contribution >= 4 is 39.1 Å². The second kappa shape index (κ2) is 12.6. The monoisotopic (exact) mass is 489 g/mol. The summed E-state index contributed by atoms with van der Waals surface area (Å²) in [5, 5.41) is 13.4. The van der Waals surface area contributed by atoms with Crippen LogP contribution in [0.1, 0.15) is 37.3 Å². The molecule has 0 amide bonds. The van der Waals surface area contributed by atoms with Crippen LogP contribution >= 0.6 is 39.1 Å². The molecule has 0 aromatic heterocycles. The van der Waals surface area contributed by atoms with Gasteiger partial charge in [-0.1, -0.05) is 45.2 Å². The van der Waals surface area contributed by atoms with Crippen LogP contribution in [-0.4, -0.2) is 24.9 Å². The summed E-state index contributed by atoms with van der Waals surface area (Å²) in [6, 6.07) is 9.27. The zero-order chi connectivity index (χ0) is 20.4. The van der Waals surface area contributed by atoms with Gasteiger partial charge in [-0.15, -0.1) is 0 Å². The summed E-state index contributed by atoms with van der Waals surface area (Å²) < 4.78 is 12.7. The Morgan fingerprint density at radius 2 is 1.79 bits per heavy atom. The van der Waals surface area contributed by atoms with Gasteiger partial charge in [0, 0.05) is 33.2 Å². The van der Waals surface area contributed by atoms with Gasteiger partial charge in [-0.2, -0.15) is 0 Å². The summed E-state index contributed by atoms with van der Waals surface area (Å²) >= 11 is 15.8. The van der Waals surface area contributed by atoms with Gasteiger partial charge in [0.25, 0.3) is 0 Å². The number of benzene rings is 2. The smallest absolute Gasteiger partial charge is 0.162 e. The Labute approximate surface area is 185 Å². The number of unbranched alkanes of at least 4 members (excludes halogenated alkanes) is 2. The van der Waals surface area contributed by atoms with E-state index in [4.69, 9.17) is 37.8 Å². The molecule has 0 heterocycles. The molecule has 2 N–H and O–H groups in total. The van der Waals surface area contributed by atoms with Crippen molar-refractivity contribution in [2.24, 2.45) is 0 Å². The van der Waals surface area contributed by atoms with E-state index in [-0.39, 0.29) is 6.61 Å². The lowest BCUT2D eigenvalue weighted by Crippen LogP contribution is -2.15. The number of hydrogen-bond acceptors (Lipinski definition) is 4. The molecule has 0 saturated carbocycles.